The predicted molar refractivity (Wildman–Crippen MR) is 131 cm³/mol. The number of hydrogen-bond acceptors (Lipinski definition) is 5. The van der Waals surface area contributed by atoms with E-state index in [1.165, 1.54) is 35.2 Å². The number of rotatable bonds is 6. The summed E-state index contributed by atoms with van der Waals surface area (Å²) in [6.45, 7) is 5.03. The van der Waals surface area contributed by atoms with E-state index in [2.05, 4.69) is 11.4 Å². The van der Waals surface area contributed by atoms with E-state index >= 15 is 0 Å². The number of aromatic carboxylic acids is 1. The summed E-state index contributed by atoms with van der Waals surface area (Å²) < 4.78 is 14.1. The Morgan fingerprint density at radius 3 is 2.39 bits per heavy atom. The third-order valence-corrected chi connectivity index (χ3v) is 6.22. The Kier molecular flexibility index (Phi) is 6.21. The molecule has 3 aromatic carbocycles. The molecule has 0 aliphatic carbocycles. The lowest BCUT2D eigenvalue weighted by molar-refractivity contribution is -0.123. The van der Waals surface area contributed by atoms with Gasteiger partial charge >= 0.3 is 12.0 Å². The Bertz CT molecular complexity index is 1430. The van der Waals surface area contributed by atoms with Crippen molar-refractivity contribution in [2.45, 2.75) is 32.9 Å². The van der Waals surface area contributed by atoms with Crippen LogP contribution in [0.1, 0.15) is 40.9 Å². The van der Waals surface area contributed by atoms with Gasteiger partial charge in [-0.05, 0) is 86.5 Å². The molecule has 1 fully saturated rings. The molecule has 0 radical (unpaired) electrons. The first-order valence-corrected chi connectivity index (χ1v) is 11.1. The number of carbonyl (C=O) groups excluding carboxylic acids is 2. The topological polar surface area (TPSA) is 114 Å². The number of urea groups is 1. The first kappa shape index (κ1) is 24.4. The molecule has 1 saturated heterocycles. The van der Waals surface area contributed by atoms with E-state index in [1.807, 2.05) is 0 Å². The zero-order valence-electron chi connectivity index (χ0n) is 19.9. The van der Waals surface area contributed by atoms with Crippen molar-refractivity contribution in [3.05, 3.63) is 88.7 Å². The number of anilines is 3. The standard InChI is InChI=1S/C27H23FN4O4/c1-16-12-22(11-7-18(16)14-29)32-25(35)27(2,3)31(26(32)36)15-19-4-8-20(28)13-23(19)30-21-9-5-17(6-10-21)24(33)34/h4-13,30H,15H2,1-3H3,(H,33,34). The van der Waals surface area contributed by atoms with Crippen molar-refractivity contribution >= 4 is 35.0 Å². The van der Waals surface area contributed by atoms with Crippen LogP contribution in [0.2, 0.25) is 0 Å². The number of benzene rings is 3. The van der Waals surface area contributed by atoms with Crippen molar-refractivity contribution in [3.8, 4) is 6.07 Å². The van der Waals surface area contributed by atoms with E-state index in [1.54, 1.807) is 51.1 Å². The maximum Gasteiger partial charge on any atom is 0.335 e. The van der Waals surface area contributed by atoms with Gasteiger partial charge in [0.05, 0.1) is 29.4 Å². The minimum absolute atomic E-state index is 0.0131. The summed E-state index contributed by atoms with van der Waals surface area (Å²) in [7, 11) is 0. The van der Waals surface area contributed by atoms with Gasteiger partial charge in [-0.15, -0.1) is 0 Å². The van der Waals surface area contributed by atoms with Gasteiger partial charge in [-0.1, -0.05) is 6.07 Å². The predicted octanol–water partition coefficient (Wildman–Crippen LogP) is 5.20. The highest BCUT2D eigenvalue weighted by Gasteiger charge is 2.51. The molecule has 0 unspecified atom stereocenters. The fraction of sp³-hybridized carbons (Fsp3) is 0.185. The number of imide groups is 1. The maximum atomic E-state index is 14.1. The van der Waals surface area contributed by atoms with Crippen LogP contribution >= 0.6 is 0 Å². The number of nitrogens with one attached hydrogen (secondary N) is 1. The number of amides is 3. The summed E-state index contributed by atoms with van der Waals surface area (Å²) in [6.07, 6.45) is 0. The fourth-order valence-corrected chi connectivity index (χ4v) is 4.07. The van der Waals surface area contributed by atoms with Crippen molar-refractivity contribution in [2.75, 3.05) is 10.2 Å². The van der Waals surface area contributed by atoms with Gasteiger partial charge in [0.25, 0.3) is 5.91 Å². The number of halogens is 1. The van der Waals surface area contributed by atoms with Gasteiger partial charge < -0.3 is 15.3 Å². The van der Waals surface area contributed by atoms with E-state index in [9.17, 15) is 24.0 Å². The Balaban J connectivity index is 1.65. The highest BCUT2D eigenvalue weighted by atomic mass is 19.1. The Hall–Kier alpha value is -4.71. The van der Waals surface area contributed by atoms with Crippen LogP contribution in [0.15, 0.2) is 60.7 Å². The summed E-state index contributed by atoms with van der Waals surface area (Å²) in [5.74, 6) is -1.98. The minimum Gasteiger partial charge on any atom is -0.478 e. The van der Waals surface area contributed by atoms with E-state index in [-0.39, 0.29) is 12.1 Å². The fourth-order valence-electron chi connectivity index (χ4n) is 4.07. The Morgan fingerprint density at radius 1 is 1.08 bits per heavy atom. The van der Waals surface area contributed by atoms with Crippen molar-refractivity contribution in [1.82, 2.24) is 4.90 Å². The zero-order chi connectivity index (χ0) is 26.2. The van der Waals surface area contributed by atoms with Crippen LogP contribution in [0.3, 0.4) is 0 Å². The first-order valence-electron chi connectivity index (χ1n) is 11.1. The summed E-state index contributed by atoms with van der Waals surface area (Å²) in [4.78, 5) is 40.4. The SMILES string of the molecule is Cc1cc(N2C(=O)N(Cc3ccc(F)cc3Nc3ccc(C(=O)O)cc3)C(C)(C)C2=O)ccc1C#N. The van der Waals surface area contributed by atoms with Crippen LogP contribution < -0.4 is 10.2 Å². The maximum absolute atomic E-state index is 14.1. The number of carboxylic acids is 1. The van der Waals surface area contributed by atoms with Gasteiger partial charge in [-0.3, -0.25) is 4.79 Å². The molecule has 182 valence electrons. The lowest BCUT2D eigenvalue weighted by Gasteiger charge is -2.28. The van der Waals surface area contributed by atoms with Gasteiger partial charge in [0, 0.05) is 11.4 Å². The molecule has 1 aliphatic heterocycles. The molecule has 0 atom stereocenters. The number of hydrogen-bond donors (Lipinski definition) is 2. The highest BCUT2D eigenvalue weighted by molar-refractivity contribution is 6.23. The van der Waals surface area contributed by atoms with Crippen molar-refractivity contribution in [2.24, 2.45) is 0 Å². The normalized spacial score (nSPS) is 14.6. The smallest absolute Gasteiger partial charge is 0.335 e. The van der Waals surface area contributed by atoms with Gasteiger partial charge in [-0.25, -0.2) is 18.9 Å². The second-order valence-corrected chi connectivity index (χ2v) is 8.99. The Labute approximate surface area is 207 Å². The number of aryl methyl sites for hydroxylation is 1. The van der Waals surface area contributed by atoms with Crippen molar-refractivity contribution in [1.29, 1.82) is 5.26 Å². The zero-order valence-corrected chi connectivity index (χ0v) is 19.9. The monoisotopic (exact) mass is 486 g/mol. The van der Waals surface area contributed by atoms with E-state index in [0.29, 0.717) is 33.8 Å². The summed E-state index contributed by atoms with van der Waals surface area (Å²) in [5, 5.41) is 21.4. The molecule has 9 heteroatoms. The molecular weight excluding hydrogens is 463 g/mol. The highest BCUT2D eigenvalue weighted by Crippen LogP contribution is 2.35. The van der Waals surface area contributed by atoms with Gasteiger partial charge in [0.2, 0.25) is 0 Å². The van der Waals surface area contributed by atoms with E-state index < -0.39 is 29.3 Å². The molecule has 0 bridgehead atoms. The van der Waals surface area contributed by atoms with Gasteiger partial charge in [0.1, 0.15) is 11.4 Å². The van der Waals surface area contributed by atoms with Crippen molar-refractivity contribution in [3.63, 3.8) is 0 Å². The summed E-state index contributed by atoms with van der Waals surface area (Å²) in [5.41, 5.74) is 1.86. The second kappa shape index (κ2) is 9.15. The van der Waals surface area contributed by atoms with Crippen LogP contribution in [0.4, 0.5) is 26.2 Å². The number of nitriles is 1. The third-order valence-electron chi connectivity index (χ3n) is 6.22. The quantitative estimate of drug-likeness (QED) is 0.463. The molecule has 2 N–H and O–H groups in total. The molecule has 0 saturated carbocycles. The van der Waals surface area contributed by atoms with Gasteiger partial charge in [-0.2, -0.15) is 5.26 Å². The average molecular weight is 487 g/mol. The lowest BCUT2D eigenvalue weighted by atomic mass is 10.0. The van der Waals surface area contributed by atoms with Crippen LogP contribution in [0.5, 0.6) is 0 Å². The van der Waals surface area contributed by atoms with Crippen LogP contribution in [-0.4, -0.2) is 33.5 Å². The molecule has 4 rings (SSSR count). The molecule has 8 nitrogen and oxygen atoms in total. The number of nitrogens with zero attached hydrogens (tertiary/aromatic N) is 3. The summed E-state index contributed by atoms with van der Waals surface area (Å²) >= 11 is 0. The molecule has 36 heavy (non-hydrogen) atoms. The van der Waals surface area contributed by atoms with Crippen molar-refractivity contribution < 1.29 is 23.9 Å². The molecule has 3 aromatic rings. The Morgan fingerprint density at radius 2 is 1.78 bits per heavy atom. The largest absolute Gasteiger partial charge is 0.478 e. The van der Waals surface area contributed by atoms with Gasteiger partial charge in [0.15, 0.2) is 0 Å². The second-order valence-electron chi connectivity index (χ2n) is 8.99. The molecule has 3 amide bonds. The van der Waals surface area contributed by atoms with Crippen LogP contribution in [0.25, 0.3) is 0 Å². The van der Waals surface area contributed by atoms with E-state index in [0.717, 1.165) is 4.90 Å². The molecular formula is C27H23FN4O4. The summed E-state index contributed by atoms with van der Waals surface area (Å²) in [6, 6.07) is 16.3. The van der Waals surface area contributed by atoms with E-state index in [4.69, 9.17) is 5.11 Å². The average Bonchev–Trinajstić information content (AvgIpc) is 3.00. The number of carbonyl (C=O) groups is 3. The third kappa shape index (κ3) is 4.36. The first-order chi connectivity index (χ1) is 17.0. The molecule has 0 spiro atoms. The molecule has 0 aromatic heterocycles. The minimum atomic E-state index is -1.19. The lowest BCUT2D eigenvalue weighted by Crippen LogP contribution is -2.43. The van der Waals surface area contributed by atoms with Crippen LogP contribution in [0, 0.1) is 24.1 Å². The van der Waals surface area contributed by atoms with Crippen LogP contribution in [-0.2, 0) is 11.3 Å². The molecule has 1 aliphatic rings. The number of carboxylic acid groups (broad SMARTS) is 1. The molecule has 1 heterocycles.